The molecule has 3 heteroatoms. The van der Waals surface area contributed by atoms with Crippen molar-refractivity contribution < 1.29 is 5.48 Å². The normalized spacial score (nSPS) is 24.9. The number of hydroxylamine groups is 1. The predicted octanol–water partition coefficient (Wildman–Crippen LogP) is 2.54. The number of hydrogen-bond donors (Lipinski definition) is 2. The average molecular weight is 260 g/mol. The van der Waals surface area contributed by atoms with Crippen LogP contribution in [0.25, 0.3) is 5.57 Å². The second-order valence-corrected chi connectivity index (χ2v) is 6.89. The second kappa shape index (κ2) is 4.66. The fraction of sp³-hybridized carbons (Fsp3) is 0.500. The van der Waals surface area contributed by atoms with Crippen LogP contribution in [0.2, 0.25) is 0 Å². The van der Waals surface area contributed by atoms with Crippen molar-refractivity contribution in [3.8, 4) is 0 Å². The van der Waals surface area contributed by atoms with Crippen LogP contribution in [0.1, 0.15) is 39.7 Å². The quantitative estimate of drug-likeness (QED) is 0.634. The van der Waals surface area contributed by atoms with E-state index < -0.39 is 0 Å². The minimum Gasteiger partial charge on any atom is -0.636 e. The highest BCUT2D eigenvalue weighted by Crippen LogP contribution is 2.46. The van der Waals surface area contributed by atoms with Gasteiger partial charge >= 0.3 is 0 Å². The van der Waals surface area contributed by atoms with E-state index in [9.17, 15) is 5.21 Å². The highest BCUT2D eigenvalue weighted by atomic mass is 16.5. The molecule has 1 aromatic rings. The zero-order valence-electron chi connectivity index (χ0n) is 12.2. The molecule has 2 rings (SSSR count). The van der Waals surface area contributed by atoms with Gasteiger partial charge in [-0.3, -0.25) is 0 Å². The molecule has 1 unspecified atom stereocenters. The van der Waals surface area contributed by atoms with Crippen molar-refractivity contribution >= 4 is 11.3 Å². The van der Waals surface area contributed by atoms with Gasteiger partial charge in [0.25, 0.3) is 0 Å². The van der Waals surface area contributed by atoms with Crippen molar-refractivity contribution in [3.63, 3.8) is 0 Å². The Kier molecular flexibility index (Phi) is 3.45. The Morgan fingerprint density at radius 3 is 2.21 bits per heavy atom. The summed E-state index contributed by atoms with van der Waals surface area (Å²) in [6, 6.07) is 8.05. The molecule has 19 heavy (non-hydrogen) atoms. The van der Waals surface area contributed by atoms with E-state index in [1.54, 1.807) is 0 Å². The molecule has 0 radical (unpaired) electrons. The highest BCUT2D eigenvalue weighted by molar-refractivity contribution is 5.69. The van der Waals surface area contributed by atoms with Crippen molar-refractivity contribution in [2.24, 2.45) is 10.8 Å². The molecule has 0 bridgehead atoms. The van der Waals surface area contributed by atoms with Crippen LogP contribution in [0.5, 0.6) is 0 Å². The first-order chi connectivity index (χ1) is 8.76. The summed E-state index contributed by atoms with van der Waals surface area (Å²) >= 11 is 0. The van der Waals surface area contributed by atoms with E-state index in [4.69, 9.17) is 5.73 Å². The molecular formula is C16H24N2O. The summed E-state index contributed by atoms with van der Waals surface area (Å²) in [4.78, 5) is 0. The molecule has 1 atom stereocenters. The first-order valence-corrected chi connectivity index (χ1v) is 6.79. The lowest BCUT2D eigenvalue weighted by Gasteiger charge is -2.46. The van der Waals surface area contributed by atoms with Crippen molar-refractivity contribution in [3.05, 3.63) is 41.1 Å². The molecule has 3 nitrogen and oxygen atoms in total. The average Bonchev–Trinajstić information content (AvgIpc) is 2.27. The lowest BCUT2D eigenvalue weighted by Crippen LogP contribution is -2.91. The molecule has 1 aromatic carbocycles. The molecule has 1 aliphatic carbocycles. The molecule has 0 amide bonds. The maximum atomic E-state index is 11.4. The van der Waals surface area contributed by atoms with Crippen molar-refractivity contribution in [2.45, 2.75) is 40.2 Å². The van der Waals surface area contributed by atoms with Gasteiger partial charge < -0.3 is 16.4 Å². The van der Waals surface area contributed by atoms with Gasteiger partial charge in [-0.2, -0.15) is 0 Å². The van der Waals surface area contributed by atoms with Gasteiger partial charge in [0.05, 0.1) is 6.04 Å². The summed E-state index contributed by atoms with van der Waals surface area (Å²) in [5.74, 6) is 0. The molecule has 4 N–H and O–H groups in total. The third-order valence-corrected chi connectivity index (χ3v) is 4.25. The Bertz CT molecular complexity index is 486. The number of quaternary nitrogens is 1. The molecule has 0 spiro atoms. The van der Waals surface area contributed by atoms with Crippen LogP contribution < -0.4 is 11.2 Å². The predicted molar refractivity (Wildman–Crippen MR) is 80.1 cm³/mol. The van der Waals surface area contributed by atoms with E-state index in [2.05, 4.69) is 45.9 Å². The van der Waals surface area contributed by atoms with Gasteiger partial charge in [-0.15, -0.1) is 0 Å². The van der Waals surface area contributed by atoms with Crippen LogP contribution >= 0.6 is 0 Å². The first kappa shape index (κ1) is 14.1. The fourth-order valence-corrected chi connectivity index (χ4v) is 3.44. The smallest absolute Gasteiger partial charge is 0.0997 e. The molecule has 1 aliphatic rings. The monoisotopic (exact) mass is 260 g/mol. The van der Waals surface area contributed by atoms with Gasteiger partial charge in [-0.05, 0) is 29.7 Å². The first-order valence-electron chi connectivity index (χ1n) is 6.79. The van der Waals surface area contributed by atoms with Crippen molar-refractivity contribution in [2.75, 3.05) is 5.73 Å². The summed E-state index contributed by atoms with van der Waals surface area (Å²) in [5.41, 5.74) is 10.0. The van der Waals surface area contributed by atoms with Gasteiger partial charge in [0.1, 0.15) is 0 Å². The lowest BCUT2D eigenvalue weighted by atomic mass is 9.62. The summed E-state index contributed by atoms with van der Waals surface area (Å²) in [5, 5.41) is 11.4. The van der Waals surface area contributed by atoms with E-state index in [0.29, 0.717) is 0 Å². The maximum Gasteiger partial charge on any atom is 0.0997 e. The summed E-state index contributed by atoms with van der Waals surface area (Å²) in [6.45, 7) is 8.64. The Labute approximate surface area is 115 Å². The number of nitrogens with two attached hydrogens (primary N) is 2. The van der Waals surface area contributed by atoms with Crippen molar-refractivity contribution in [1.29, 1.82) is 0 Å². The van der Waals surface area contributed by atoms with Crippen LogP contribution in [0.4, 0.5) is 5.69 Å². The van der Waals surface area contributed by atoms with Gasteiger partial charge in [0, 0.05) is 16.5 Å². The Morgan fingerprint density at radius 1 is 1.16 bits per heavy atom. The summed E-state index contributed by atoms with van der Waals surface area (Å²) in [6.07, 6.45) is 3.17. The number of rotatable bonds is 2. The van der Waals surface area contributed by atoms with Crippen LogP contribution in [0.3, 0.4) is 0 Å². The van der Waals surface area contributed by atoms with Crippen LogP contribution in [-0.4, -0.2) is 6.04 Å². The van der Waals surface area contributed by atoms with E-state index >= 15 is 0 Å². The molecule has 0 aromatic heterocycles. The second-order valence-electron chi connectivity index (χ2n) is 6.89. The number of nitrogen functional groups attached to an aromatic ring is 1. The highest BCUT2D eigenvalue weighted by Gasteiger charge is 2.45. The molecule has 0 saturated heterocycles. The number of benzene rings is 1. The Morgan fingerprint density at radius 2 is 1.74 bits per heavy atom. The third-order valence-electron chi connectivity index (χ3n) is 4.25. The van der Waals surface area contributed by atoms with E-state index in [-0.39, 0.29) is 16.9 Å². The van der Waals surface area contributed by atoms with Crippen LogP contribution in [0, 0.1) is 16.0 Å². The molecule has 0 aliphatic heterocycles. The SMILES string of the molecule is CC1(C)C=C(c2ccc(N)cc2)CC(C)(C)C1[NH2+][O-]. The molecular weight excluding hydrogens is 236 g/mol. The van der Waals surface area contributed by atoms with Crippen LogP contribution in [-0.2, 0) is 0 Å². The standard InChI is InChI=1S/C16H24N2O/c1-15(2)9-12(10-16(3,4)14(15)18-19)11-5-7-13(17)8-6-11/h5-9,14H,10,17-18H2,1-4H3. The summed E-state index contributed by atoms with van der Waals surface area (Å²) in [7, 11) is 0. The third kappa shape index (κ3) is 2.67. The molecule has 0 fully saturated rings. The van der Waals surface area contributed by atoms with Crippen molar-refractivity contribution in [1.82, 2.24) is 0 Å². The molecule has 0 heterocycles. The minimum absolute atomic E-state index is 0.0171. The van der Waals surface area contributed by atoms with E-state index in [1.165, 1.54) is 11.1 Å². The number of allylic oxidation sites excluding steroid dienone is 1. The van der Waals surface area contributed by atoms with Gasteiger partial charge in [0.2, 0.25) is 0 Å². The number of anilines is 1. The molecule has 0 saturated carbocycles. The number of hydrogen-bond acceptors (Lipinski definition) is 2. The van der Waals surface area contributed by atoms with E-state index in [1.807, 2.05) is 12.1 Å². The lowest BCUT2D eigenvalue weighted by molar-refractivity contribution is -0.655. The van der Waals surface area contributed by atoms with Gasteiger partial charge in [-0.1, -0.05) is 45.9 Å². The minimum atomic E-state index is -0.111. The molecule has 104 valence electrons. The summed E-state index contributed by atoms with van der Waals surface area (Å²) < 4.78 is 0. The van der Waals surface area contributed by atoms with Crippen LogP contribution in [0.15, 0.2) is 30.3 Å². The van der Waals surface area contributed by atoms with E-state index in [0.717, 1.165) is 17.6 Å². The van der Waals surface area contributed by atoms with Gasteiger partial charge in [-0.25, -0.2) is 0 Å². The topological polar surface area (TPSA) is 65.7 Å². The fourth-order valence-electron chi connectivity index (χ4n) is 3.44. The zero-order chi connectivity index (χ0) is 14.3. The Balaban J connectivity index is 2.43. The maximum absolute atomic E-state index is 11.4. The zero-order valence-corrected chi connectivity index (χ0v) is 12.2. The van der Waals surface area contributed by atoms with Gasteiger partial charge in [0.15, 0.2) is 0 Å². The Hall–Kier alpha value is -1.32. The largest absolute Gasteiger partial charge is 0.636 e.